The molecule has 0 amide bonds. The minimum Gasteiger partial charge on any atom is -0.462 e. The van der Waals surface area contributed by atoms with Crippen LogP contribution in [0.25, 0.3) is 0 Å². The average molecular weight is 1410 g/mol. The second-order valence-corrected chi connectivity index (χ2v) is 31.1. The van der Waals surface area contributed by atoms with E-state index >= 15 is 0 Å². The summed E-state index contributed by atoms with van der Waals surface area (Å²) < 4.78 is 68.4. The first-order valence-electron chi connectivity index (χ1n) is 40.1. The van der Waals surface area contributed by atoms with Crippen LogP contribution in [0, 0.1) is 5.92 Å². The first-order valence-corrected chi connectivity index (χ1v) is 43.1. The molecule has 19 heteroatoms. The number of phosphoric ester groups is 2. The van der Waals surface area contributed by atoms with Gasteiger partial charge in [-0.2, -0.15) is 0 Å². The van der Waals surface area contributed by atoms with Gasteiger partial charge in [-0.15, -0.1) is 0 Å². The number of phosphoric acid groups is 2. The molecular weight excluding hydrogens is 1260 g/mol. The van der Waals surface area contributed by atoms with Crippen LogP contribution in [0.5, 0.6) is 0 Å². The van der Waals surface area contributed by atoms with E-state index in [9.17, 15) is 43.2 Å². The molecule has 5 atom stereocenters. The van der Waals surface area contributed by atoms with Gasteiger partial charge in [0.1, 0.15) is 19.3 Å². The number of hydrogen-bond acceptors (Lipinski definition) is 15. The molecule has 3 N–H and O–H groups in total. The van der Waals surface area contributed by atoms with Crippen LogP contribution < -0.4 is 0 Å². The third-order valence-corrected chi connectivity index (χ3v) is 19.9. The summed E-state index contributed by atoms with van der Waals surface area (Å²) in [6.45, 7) is 7.19. The lowest BCUT2D eigenvalue weighted by Crippen LogP contribution is -2.30. The van der Waals surface area contributed by atoms with Gasteiger partial charge < -0.3 is 33.8 Å². The summed E-state index contributed by atoms with van der Waals surface area (Å²) in [4.78, 5) is 72.7. The van der Waals surface area contributed by atoms with Crippen LogP contribution in [0.4, 0.5) is 0 Å². The molecule has 570 valence electrons. The number of carbonyl (C=O) groups is 4. The summed E-state index contributed by atoms with van der Waals surface area (Å²) >= 11 is 0. The summed E-state index contributed by atoms with van der Waals surface area (Å²) in [5.74, 6) is -1.45. The van der Waals surface area contributed by atoms with Crippen molar-refractivity contribution < 1.29 is 80.2 Å². The van der Waals surface area contributed by atoms with E-state index in [1.807, 2.05) is 0 Å². The molecule has 0 aliphatic carbocycles. The Morgan fingerprint density at radius 3 is 0.708 bits per heavy atom. The SMILES string of the molecule is CCCCCCCCCCCCCCCCCCCCCC(=O)OC[C@H](COP(=O)(O)OC[C@@H](O)COP(=O)(O)OC[C@@H](COC(=O)CCCCCCCCCCC)OC(=O)CCCCCCCCC(C)C)OC(=O)CCCCCCCCCCCCCCCCCCCCC. The van der Waals surface area contributed by atoms with Gasteiger partial charge in [0, 0.05) is 25.7 Å². The quantitative estimate of drug-likeness (QED) is 0.0222. The monoisotopic (exact) mass is 1410 g/mol. The lowest BCUT2D eigenvalue weighted by atomic mass is 10.0. The van der Waals surface area contributed by atoms with Crippen molar-refractivity contribution in [1.82, 2.24) is 0 Å². The fourth-order valence-electron chi connectivity index (χ4n) is 11.9. The minimum atomic E-state index is -4.96. The molecule has 0 aromatic carbocycles. The predicted molar refractivity (Wildman–Crippen MR) is 391 cm³/mol. The molecule has 0 aliphatic heterocycles. The standard InChI is InChI=1S/C77H150O17P2/c1-6-9-12-15-18-21-23-25-27-29-31-33-35-37-39-42-45-51-56-61-75(80)88-66-72(93-76(81)62-57-52-46-43-40-38-36-34-32-30-28-26-24-22-19-16-13-10-7-2)68-91-95(83,84)89-64-71(78)65-90-96(85,86)92-69-73(94-77(82)63-58-53-48-47-49-54-59-70(4)5)67-87-74(79)60-55-50-44-41-20-17-14-11-8-3/h70-73,78H,6-69H2,1-5H3,(H,83,84)(H,85,86)/t71-,72-,73-/m1/s1. The minimum absolute atomic E-state index is 0.103. The number of esters is 4. The summed E-state index contributed by atoms with van der Waals surface area (Å²) in [7, 11) is -9.91. The smallest absolute Gasteiger partial charge is 0.462 e. The van der Waals surface area contributed by atoms with E-state index in [2.05, 4.69) is 34.6 Å². The predicted octanol–water partition coefficient (Wildman–Crippen LogP) is 22.9. The molecule has 0 aromatic heterocycles. The zero-order valence-corrected chi connectivity index (χ0v) is 64.3. The van der Waals surface area contributed by atoms with Gasteiger partial charge in [-0.25, -0.2) is 9.13 Å². The Labute approximate surface area is 588 Å². The molecule has 96 heavy (non-hydrogen) atoms. The average Bonchev–Trinajstić information content (AvgIpc) is 1.26. The highest BCUT2D eigenvalue weighted by atomic mass is 31.2. The second kappa shape index (κ2) is 70.1. The number of rotatable bonds is 77. The van der Waals surface area contributed by atoms with E-state index in [1.165, 1.54) is 231 Å². The van der Waals surface area contributed by atoms with Gasteiger partial charge in [0.2, 0.25) is 0 Å². The molecular formula is C77H150O17P2. The number of hydrogen-bond donors (Lipinski definition) is 3. The van der Waals surface area contributed by atoms with Crippen LogP contribution in [0.2, 0.25) is 0 Å². The highest BCUT2D eigenvalue weighted by Crippen LogP contribution is 2.45. The number of carbonyl (C=O) groups excluding carboxylic acids is 4. The highest BCUT2D eigenvalue weighted by molar-refractivity contribution is 7.47. The van der Waals surface area contributed by atoms with Crippen molar-refractivity contribution >= 4 is 39.5 Å². The van der Waals surface area contributed by atoms with Gasteiger partial charge in [-0.1, -0.05) is 356 Å². The van der Waals surface area contributed by atoms with Crippen LogP contribution in [-0.2, 0) is 65.4 Å². The topological polar surface area (TPSA) is 237 Å². The first kappa shape index (κ1) is 94.1. The Balaban J connectivity index is 5.17. The summed E-state index contributed by atoms with van der Waals surface area (Å²) in [5.41, 5.74) is 0. The van der Waals surface area contributed by atoms with Gasteiger partial charge >= 0.3 is 39.5 Å². The van der Waals surface area contributed by atoms with E-state index in [-0.39, 0.29) is 25.7 Å². The zero-order chi connectivity index (χ0) is 70.5. The fourth-order valence-corrected chi connectivity index (χ4v) is 13.5. The molecule has 0 saturated carbocycles. The van der Waals surface area contributed by atoms with Crippen molar-refractivity contribution in [3.05, 3.63) is 0 Å². The van der Waals surface area contributed by atoms with E-state index in [0.717, 1.165) is 89.9 Å². The molecule has 0 fully saturated rings. The van der Waals surface area contributed by atoms with E-state index in [1.54, 1.807) is 0 Å². The number of ether oxygens (including phenoxy) is 4. The third kappa shape index (κ3) is 70.5. The normalized spacial score (nSPS) is 13.9. The Hall–Kier alpha value is -1.94. The Kier molecular flexibility index (Phi) is 68.7. The summed E-state index contributed by atoms with van der Waals surface area (Å²) in [6, 6.07) is 0. The van der Waals surface area contributed by atoms with E-state index in [4.69, 9.17) is 37.0 Å². The third-order valence-electron chi connectivity index (χ3n) is 18.0. The van der Waals surface area contributed by atoms with Crippen molar-refractivity contribution in [2.45, 2.75) is 425 Å². The molecule has 0 aromatic rings. The highest BCUT2D eigenvalue weighted by Gasteiger charge is 2.30. The van der Waals surface area contributed by atoms with Crippen molar-refractivity contribution in [2.75, 3.05) is 39.6 Å². The number of aliphatic hydroxyl groups excluding tert-OH is 1. The molecule has 0 spiro atoms. The Morgan fingerprint density at radius 2 is 0.479 bits per heavy atom. The van der Waals surface area contributed by atoms with Crippen LogP contribution in [0.3, 0.4) is 0 Å². The molecule has 2 unspecified atom stereocenters. The molecule has 0 rings (SSSR count). The van der Waals surface area contributed by atoms with Crippen molar-refractivity contribution in [3.8, 4) is 0 Å². The van der Waals surface area contributed by atoms with Gasteiger partial charge in [0.05, 0.1) is 26.4 Å². The Bertz CT molecular complexity index is 1840. The summed E-state index contributed by atoms with van der Waals surface area (Å²) in [6.07, 6.45) is 60.0. The maximum atomic E-state index is 13.1. The van der Waals surface area contributed by atoms with Crippen LogP contribution in [-0.4, -0.2) is 96.7 Å². The second-order valence-electron chi connectivity index (χ2n) is 28.2. The van der Waals surface area contributed by atoms with Crippen molar-refractivity contribution in [1.29, 1.82) is 0 Å². The Morgan fingerprint density at radius 1 is 0.281 bits per heavy atom. The van der Waals surface area contributed by atoms with Crippen LogP contribution in [0.15, 0.2) is 0 Å². The zero-order valence-electron chi connectivity index (χ0n) is 62.5. The maximum Gasteiger partial charge on any atom is 0.472 e. The first-order chi connectivity index (χ1) is 46.5. The van der Waals surface area contributed by atoms with Gasteiger partial charge in [0.15, 0.2) is 12.2 Å². The summed E-state index contributed by atoms with van der Waals surface area (Å²) in [5, 5.41) is 10.6. The lowest BCUT2D eigenvalue weighted by Gasteiger charge is -2.21. The number of unbranched alkanes of at least 4 members (excludes halogenated alkanes) is 49. The molecule has 0 radical (unpaired) electrons. The van der Waals surface area contributed by atoms with Crippen LogP contribution >= 0.6 is 15.6 Å². The van der Waals surface area contributed by atoms with Crippen molar-refractivity contribution in [2.24, 2.45) is 5.92 Å². The van der Waals surface area contributed by atoms with Gasteiger partial charge in [0.25, 0.3) is 0 Å². The molecule has 0 saturated heterocycles. The van der Waals surface area contributed by atoms with E-state index in [0.29, 0.717) is 31.6 Å². The largest absolute Gasteiger partial charge is 0.472 e. The fraction of sp³-hybridized carbons (Fsp3) is 0.948. The van der Waals surface area contributed by atoms with E-state index < -0.39 is 97.5 Å². The lowest BCUT2D eigenvalue weighted by molar-refractivity contribution is -0.161. The van der Waals surface area contributed by atoms with Gasteiger partial charge in [-0.3, -0.25) is 37.3 Å². The maximum absolute atomic E-state index is 13.1. The molecule has 0 heterocycles. The number of aliphatic hydroxyl groups is 1. The molecule has 0 bridgehead atoms. The van der Waals surface area contributed by atoms with Gasteiger partial charge in [-0.05, 0) is 31.6 Å². The van der Waals surface area contributed by atoms with Crippen molar-refractivity contribution in [3.63, 3.8) is 0 Å². The molecule has 17 nitrogen and oxygen atoms in total. The van der Waals surface area contributed by atoms with Crippen LogP contribution in [0.1, 0.15) is 407 Å². The molecule has 0 aliphatic rings.